The molecule has 0 aromatic carbocycles. The SMILES string of the molecule is CCC(C)n1ccc(CC(N)c2cc(Cl)sc2Cl)n1. The molecule has 0 saturated heterocycles. The lowest BCUT2D eigenvalue weighted by Gasteiger charge is -2.10. The van der Waals surface area contributed by atoms with Crippen molar-refractivity contribution in [1.29, 1.82) is 0 Å². The van der Waals surface area contributed by atoms with Crippen LogP contribution >= 0.6 is 34.5 Å². The summed E-state index contributed by atoms with van der Waals surface area (Å²) in [5.41, 5.74) is 8.05. The summed E-state index contributed by atoms with van der Waals surface area (Å²) in [7, 11) is 0. The van der Waals surface area contributed by atoms with E-state index in [1.165, 1.54) is 11.3 Å². The quantitative estimate of drug-likeness (QED) is 0.884. The van der Waals surface area contributed by atoms with Crippen LogP contribution in [-0.4, -0.2) is 9.78 Å². The molecule has 0 aliphatic carbocycles. The van der Waals surface area contributed by atoms with Crippen molar-refractivity contribution in [3.63, 3.8) is 0 Å². The Kier molecular flexibility index (Phi) is 4.90. The fraction of sp³-hybridized carbons (Fsp3) is 0.462. The van der Waals surface area contributed by atoms with E-state index in [0.29, 0.717) is 21.1 Å². The van der Waals surface area contributed by atoms with Crippen LogP contribution in [0.2, 0.25) is 8.67 Å². The van der Waals surface area contributed by atoms with Gasteiger partial charge in [-0.25, -0.2) is 0 Å². The highest BCUT2D eigenvalue weighted by molar-refractivity contribution is 7.20. The average Bonchev–Trinajstić information content (AvgIpc) is 2.95. The van der Waals surface area contributed by atoms with Crippen LogP contribution in [0.15, 0.2) is 18.3 Å². The van der Waals surface area contributed by atoms with Gasteiger partial charge in [-0.2, -0.15) is 5.10 Å². The topological polar surface area (TPSA) is 43.8 Å². The lowest BCUT2D eigenvalue weighted by atomic mass is 10.1. The van der Waals surface area contributed by atoms with Crippen molar-refractivity contribution in [1.82, 2.24) is 9.78 Å². The molecule has 2 unspecified atom stereocenters. The highest BCUT2D eigenvalue weighted by Gasteiger charge is 2.16. The number of nitrogens with two attached hydrogens (primary N) is 1. The van der Waals surface area contributed by atoms with Crippen molar-refractivity contribution in [2.75, 3.05) is 0 Å². The van der Waals surface area contributed by atoms with Gasteiger partial charge in [0.1, 0.15) is 0 Å². The molecular weight excluding hydrogens is 301 g/mol. The first kappa shape index (κ1) is 14.9. The van der Waals surface area contributed by atoms with E-state index in [4.69, 9.17) is 28.9 Å². The van der Waals surface area contributed by atoms with Crippen LogP contribution in [0, 0.1) is 0 Å². The molecule has 2 heterocycles. The van der Waals surface area contributed by atoms with Crippen LogP contribution < -0.4 is 5.73 Å². The van der Waals surface area contributed by atoms with E-state index in [0.717, 1.165) is 17.7 Å². The van der Waals surface area contributed by atoms with Gasteiger partial charge in [0.25, 0.3) is 0 Å². The largest absolute Gasteiger partial charge is 0.324 e. The zero-order valence-corrected chi connectivity index (χ0v) is 13.3. The number of thiophene rings is 1. The summed E-state index contributed by atoms with van der Waals surface area (Å²) >= 11 is 13.4. The number of hydrogen-bond donors (Lipinski definition) is 1. The molecule has 2 rings (SSSR count). The van der Waals surface area contributed by atoms with E-state index in [-0.39, 0.29) is 6.04 Å². The predicted octanol–water partition coefficient (Wildman–Crippen LogP) is 4.46. The van der Waals surface area contributed by atoms with Gasteiger partial charge in [-0.05, 0) is 25.5 Å². The first-order valence-corrected chi connectivity index (χ1v) is 7.82. The molecule has 19 heavy (non-hydrogen) atoms. The Labute approximate surface area is 127 Å². The second-order valence-electron chi connectivity index (χ2n) is 4.63. The van der Waals surface area contributed by atoms with Gasteiger partial charge < -0.3 is 5.73 Å². The summed E-state index contributed by atoms with van der Waals surface area (Å²) in [6.45, 7) is 4.29. The second-order valence-corrected chi connectivity index (χ2v) is 6.92. The molecule has 104 valence electrons. The third-order valence-corrected chi connectivity index (χ3v) is 4.74. The molecule has 0 fully saturated rings. The Morgan fingerprint density at radius 2 is 2.21 bits per heavy atom. The molecule has 0 amide bonds. The summed E-state index contributed by atoms with van der Waals surface area (Å²) in [4.78, 5) is 0. The third-order valence-electron chi connectivity index (χ3n) is 3.22. The zero-order chi connectivity index (χ0) is 14.0. The zero-order valence-electron chi connectivity index (χ0n) is 10.9. The van der Waals surface area contributed by atoms with Crippen molar-refractivity contribution in [2.45, 2.75) is 38.8 Å². The Morgan fingerprint density at radius 3 is 2.79 bits per heavy atom. The van der Waals surface area contributed by atoms with Gasteiger partial charge in [-0.15, -0.1) is 11.3 Å². The Hall–Kier alpha value is -0.550. The van der Waals surface area contributed by atoms with Crippen LogP contribution in [0.5, 0.6) is 0 Å². The lowest BCUT2D eigenvalue weighted by molar-refractivity contribution is 0.472. The number of aromatic nitrogens is 2. The first-order chi connectivity index (χ1) is 9.01. The Balaban J connectivity index is 2.08. The molecule has 6 heteroatoms. The number of rotatable bonds is 5. The Bertz CT molecular complexity index is 550. The van der Waals surface area contributed by atoms with Crippen LogP contribution in [-0.2, 0) is 6.42 Å². The van der Waals surface area contributed by atoms with Crippen molar-refractivity contribution in [3.05, 3.63) is 38.3 Å². The minimum atomic E-state index is -0.170. The van der Waals surface area contributed by atoms with Crippen molar-refractivity contribution in [3.8, 4) is 0 Å². The smallest absolute Gasteiger partial charge is 0.0992 e. The fourth-order valence-corrected chi connectivity index (χ4v) is 3.46. The maximum absolute atomic E-state index is 6.17. The van der Waals surface area contributed by atoms with Gasteiger partial charge in [-0.3, -0.25) is 4.68 Å². The van der Waals surface area contributed by atoms with Crippen molar-refractivity contribution in [2.24, 2.45) is 5.73 Å². The van der Waals surface area contributed by atoms with Gasteiger partial charge in [0, 0.05) is 30.3 Å². The molecule has 0 spiro atoms. The standard InChI is InChI=1S/C13H17Cl2N3S/c1-3-8(2)18-5-4-9(17-18)6-11(16)10-7-12(14)19-13(10)15/h4-5,7-8,11H,3,6,16H2,1-2H3. The summed E-state index contributed by atoms with van der Waals surface area (Å²) in [5.74, 6) is 0. The van der Waals surface area contributed by atoms with Crippen LogP contribution in [0.25, 0.3) is 0 Å². The summed E-state index contributed by atoms with van der Waals surface area (Å²) in [6, 6.07) is 4.08. The second kappa shape index (κ2) is 6.27. The highest BCUT2D eigenvalue weighted by atomic mass is 35.5. The molecule has 0 bridgehead atoms. The normalized spacial score (nSPS) is 14.6. The van der Waals surface area contributed by atoms with E-state index >= 15 is 0 Å². The maximum atomic E-state index is 6.17. The molecule has 0 saturated carbocycles. The van der Waals surface area contributed by atoms with Crippen LogP contribution in [0.1, 0.15) is 43.6 Å². The lowest BCUT2D eigenvalue weighted by Crippen LogP contribution is -2.14. The maximum Gasteiger partial charge on any atom is 0.0992 e. The number of halogens is 2. The van der Waals surface area contributed by atoms with Crippen LogP contribution in [0.3, 0.4) is 0 Å². The first-order valence-electron chi connectivity index (χ1n) is 6.25. The third kappa shape index (κ3) is 3.51. The predicted molar refractivity (Wildman–Crippen MR) is 82.2 cm³/mol. The highest BCUT2D eigenvalue weighted by Crippen LogP contribution is 2.35. The molecule has 3 nitrogen and oxygen atoms in total. The van der Waals surface area contributed by atoms with Gasteiger partial charge in [0.15, 0.2) is 0 Å². The number of hydrogen-bond acceptors (Lipinski definition) is 3. The van der Waals surface area contributed by atoms with Crippen LogP contribution in [0.4, 0.5) is 0 Å². The van der Waals surface area contributed by atoms with E-state index < -0.39 is 0 Å². The molecule has 0 aliphatic heterocycles. The van der Waals surface area contributed by atoms with Crippen molar-refractivity contribution < 1.29 is 0 Å². The van der Waals surface area contributed by atoms with E-state index in [9.17, 15) is 0 Å². The summed E-state index contributed by atoms with van der Waals surface area (Å²) < 4.78 is 3.31. The van der Waals surface area contributed by atoms with E-state index in [1.807, 2.05) is 23.0 Å². The van der Waals surface area contributed by atoms with E-state index in [2.05, 4.69) is 18.9 Å². The Morgan fingerprint density at radius 1 is 1.47 bits per heavy atom. The summed E-state index contributed by atoms with van der Waals surface area (Å²) in [5, 5.41) is 4.55. The minimum Gasteiger partial charge on any atom is -0.324 e. The molecule has 2 aromatic heterocycles. The van der Waals surface area contributed by atoms with Gasteiger partial charge in [-0.1, -0.05) is 30.1 Å². The summed E-state index contributed by atoms with van der Waals surface area (Å²) in [6.07, 6.45) is 3.72. The van der Waals surface area contributed by atoms with Gasteiger partial charge >= 0.3 is 0 Å². The molecule has 0 aliphatic rings. The molecular formula is C13H17Cl2N3S. The number of nitrogens with zero attached hydrogens (tertiary/aromatic N) is 2. The molecule has 0 radical (unpaired) electrons. The monoisotopic (exact) mass is 317 g/mol. The van der Waals surface area contributed by atoms with Gasteiger partial charge in [0.05, 0.1) is 14.4 Å². The fourth-order valence-electron chi connectivity index (χ4n) is 1.86. The van der Waals surface area contributed by atoms with Gasteiger partial charge in [0.2, 0.25) is 0 Å². The molecule has 2 N–H and O–H groups in total. The molecule has 2 aromatic rings. The average molecular weight is 318 g/mol. The van der Waals surface area contributed by atoms with E-state index in [1.54, 1.807) is 0 Å². The minimum absolute atomic E-state index is 0.170. The molecule has 2 atom stereocenters. The van der Waals surface area contributed by atoms with Crippen molar-refractivity contribution >= 4 is 34.5 Å².